The molecular weight excluding hydrogens is 196 g/mol. The van der Waals surface area contributed by atoms with E-state index in [1.54, 1.807) is 18.4 Å². The topological polar surface area (TPSA) is 41.1 Å². The van der Waals surface area contributed by atoms with Crippen LogP contribution < -0.4 is 10.6 Å². The number of carbonyl (C=O) groups excluding carboxylic acids is 1. The van der Waals surface area contributed by atoms with Crippen LogP contribution in [0.25, 0.3) is 0 Å². The largest absolute Gasteiger partial charge is 0.341 e. The van der Waals surface area contributed by atoms with Crippen molar-refractivity contribution in [2.24, 2.45) is 0 Å². The van der Waals surface area contributed by atoms with Gasteiger partial charge >= 0.3 is 6.03 Å². The van der Waals surface area contributed by atoms with Crippen molar-refractivity contribution < 1.29 is 4.79 Å². The summed E-state index contributed by atoms with van der Waals surface area (Å²) in [5.74, 6) is 0. The van der Waals surface area contributed by atoms with Crippen molar-refractivity contribution in [3.05, 3.63) is 22.4 Å². The second-order valence-corrected chi connectivity index (χ2v) is 4.74. The molecule has 0 saturated heterocycles. The molecule has 78 valence electrons. The van der Waals surface area contributed by atoms with Gasteiger partial charge in [-0.3, -0.25) is 0 Å². The molecule has 4 heteroatoms. The molecule has 0 aromatic carbocycles. The Bertz CT molecular complexity index is 293. The summed E-state index contributed by atoms with van der Waals surface area (Å²) in [4.78, 5) is 12.3. The van der Waals surface area contributed by atoms with Crippen LogP contribution in [0.15, 0.2) is 17.5 Å². The van der Waals surface area contributed by atoms with Gasteiger partial charge in [-0.25, -0.2) is 4.79 Å². The summed E-state index contributed by atoms with van der Waals surface area (Å²) in [6, 6.07) is 3.99. The van der Waals surface area contributed by atoms with E-state index >= 15 is 0 Å². The highest BCUT2D eigenvalue weighted by atomic mass is 32.1. The van der Waals surface area contributed by atoms with E-state index in [1.165, 1.54) is 4.88 Å². The van der Waals surface area contributed by atoms with E-state index in [0.717, 1.165) is 0 Å². The summed E-state index contributed by atoms with van der Waals surface area (Å²) in [5.41, 5.74) is 0.000671. The normalized spacial score (nSPS) is 11.1. The predicted molar refractivity (Wildman–Crippen MR) is 59.8 cm³/mol. The molecule has 2 N–H and O–H groups in total. The molecule has 2 amide bonds. The molecular formula is C10H16N2OS. The summed E-state index contributed by atoms with van der Waals surface area (Å²) in [6.45, 7) is 4.89. The Morgan fingerprint density at radius 1 is 1.57 bits per heavy atom. The van der Waals surface area contributed by atoms with Gasteiger partial charge in [-0.1, -0.05) is 19.9 Å². The lowest BCUT2D eigenvalue weighted by molar-refractivity contribution is 0.240. The van der Waals surface area contributed by atoms with Crippen molar-refractivity contribution in [1.29, 1.82) is 0 Å². The minimum absolute atomic E-state index is 0.000671. The first kappa shape index (κ1) is 11.0. The van der Waals surface area contributed by atoms with Crippen molar-refractivity contribution in [2.45, 2.75) is 19.3 Å². The van der Waals surface area contributed by atoms with Gasteiger partial charge < -0.3 is 10.6 Å². The first-order valence-electron chi connectivity index (χ1n) is 4.56. The number of rotatable bonds is 3. The van der Waals surface area contributed by atoms with E-state index in [9.17, 15) is 4.79 Å². The molecule has 0 aliphatic heterocycles. The standard InChI is InChI=1S/C10H16N2OS/c1-10(2,7-12-9(13)11-3)8-5-4-6-14-8/h4-6H,7H2,1-3H3,(H2,11,12,13). The van der Waals surface area contributed by atoms with E-state index in [-0.39, 0.29) is 11.4 Å². The monoisotopic (exact) mass is 212 g/mol. The molecule has 0 saturated carbocycles. The van der Waals surface area contributed by atoms with E-state index in [4.69, 9.17) is 0 Å². The van der Waals surface area contributed by atoms with Crippen LogP contribution in [0.3, 0.4) is 0 Å². The van der Waals surface area contributed by atoms with E-state index < -0.39 is 0 Å². The van der Waals surface area contributed by atoms with Crippen molar-refractivity contribution in [1.82, 2.24) is 10.6 Å². The van der Waals surface area contributed by atoms with E-state index in [1.807, 2.05) is 6.07 Å². The molecule has 0 aliphatic carbocycles. The highest BCUT2D eigenvalue weighted by Gasteiger charge is 2.21. The molecule has 1 heterocycles. The molecule has 3 nitrogen and oxygen atoms in total. The number of amides is 2. The van der Waals surface area contributed by atoms with Crippen LogP contribution >= 0.6 is 11.3 Å². The molecule has 0 radical (unpaired) electrons. The van der Waals surface area contributed by atoms with Gasteiger partial charge in [-0.2, -0.15) is 0 Å². The van der Waals surface area contributed by atoms with Crippen LogP contribution in [0.2, 0.25) is 0 Å². The maximum atomic E-state index is 11.0. The average molecular weight is 212 g/mol. The lowest BCUT2D eigenvalue weighted by atomic mass is 9.91. The van der Waals surface area contributed by atoms with E-state index in [2.05, 4.69) is 35.9 Å². The third-order valence-corrected chi connectivity index (χ3v) is 3.34. The van der Waals surface area contributed by atoms with Gasteiger partial charge in [0, 0.05) is 23.9 Å². The molecule has 0 fully saturated rings. The Morgan fingerprint density at radius 2 is 2.29 bits per heavy atom. The number of hydrogen-bond acceptors (Lipinski definition) is 2. The van der Waals surface area contributed by atoms with Crippen LogP contribution in [0.4, 0.5) is 4.79 Å². The Morgan fingerprint density at radius 3 is 2.79 bits per heavy atom. The number of urea groups is 1. The maximum absolute atomic E-state index is 11.0. The summed E-state index contributed by atoms with van der Waals surface area (Å²) >= 11 is 1.72. The van der Waals surface area contributed by atoms with Crippen LogP contribution in [-0.2, 0) is 5.41 Å². The Labute approximate surface area is 88.5 Å². The average Bonchev–Trinajstić information content (AvgIpc) is 2.67. The fourth-order valence-corrected chi connectivity index (χ4v) is 1.99. The maximum Gasteiger partial charge on any atom is 0.314 e. The van der Waals surface area contributed by atoms with Crippen molar-refractivity contribution in [3.63, 3.8) is 0 Å². The van der Waals surface area contributed by atoms with Crippen LogP contribution in [0.5, 0.6) is 0 Å². The number of thiophene rings is 1. The predicted octanol–water partition coefficient (Wildman–Crippen LogP) is 1.95. The first-order chi connectivity index (χ1) is 6.56. The zero-order chi connectivity index (χ0) is 10.6. The highest BCUT2D eigenvalue weighted by Crippen LogP contribution is 2.26. The van der Waals surface area contributed by atoms with Crippen LogP contribution in [0.1, 0.15) is 18.7 Å². The Kier molecular flexibility index (Phi) is 3.52. The zero-order valence-electron chi connectivity index (χ0n) is 8.76. The summed E-state index contributed by atoms with van der Waals surface area (Å²) in [5, 5.41) is 7.41. The smallest absolute Gasteiger partial charge is 0.314 e. The Balaban J connectivity index is 2.54. The van der Waals surface area contributed by atoms with Crippen molar-refractivity contribution in [3.8, 4) is 0 Å². The molecule has 0 unspecified atom stereocenters. The van der Waals surface area contributed by atoms with Gasteiger partial charge in [0.05, 0.1) is 0 Å². The van der Waals surface area contributed by atoms with Crippen LogP contribution in [0, 0.1) is 0 Å². The molecule has 1 aromatic rings. The minimum atomic E-state index is -0.130. The molecule has 14 heavy (non-hydrogen) atoms. The minimum Gasteiger partial charge on any atom is -0.341 e. The van der Waals surface area contributed by atoms with Gasteiger partial charge in [0.2, 0.25) is 0 Å². The molecule has 0 atom stereocenters. The number of nitrogens with one attached hydrogen (secondary N) is 2. The van der Waals surface area contributed by atoms with Gasteiger partial charge in [-0.05, 0) is 11.4 Å². The fourth-order valence-electron chi connectivity index (χ4n) is 1.14. The van der Waals surface area contributed by atoms with Gasteiger partial charge in [0.15, 0.2) is 0 Å². The Hall–Kier alpha value is -1.03. The van der Waals surface area contributed by atoms with Gasteiger partial charge in [0.25, 0.3) is 0 Å². The molecule has 0 aliphatic rings. The van der Waals surface area contributed by atoms with Crippen LogP contribution in [-0.4, -0.2) is 19.6 Å². The fraction of sp³-hybridized carbons (Fsp3) is 0.500. The van der Waals surface area contributed by atoms with Crippen molar-refractivity contribution >= 4 is 17.4 Å². The second-order valence-electron chi connectivity index (χ2n) is 3.79. The van der Waals surface area contributed by atoms with Gasteiger partial charge in [-0.15, -0.1) is 11.3 Å². The molecule has 1 rings (SSSR count). The summed E-state index contributed by atoms with van der Waals surface area (Å²) < 4.78 is 0. The highest BCUT2D eigenvalue weighted by molar-refractivity contribution is 7.10. The summed E-state index contributed by atoms with van der Waals surface area (Å²) in [7, 11) is 1.62. The molecule has 0 bridgehead atoms. The molecule has 1 aromatic heterocycles. The number of hydrogen-bond donors (Lipinski definition) is 2. The SMILES string of the molecule is CNC(=O)NCC(C)(C)c1cccs1. The third-order valence-electron chi connectivity index (χ3n) is 2.11. The summed E-state index contributed by atoms with van der Waals surface area (Å²) in [6.07, 6.45) is 0. The lowest BCUT2D eigenvalue weighted by Crippen LogP contribution is -2.40. The zero-order valence-corrected chi connectivity index (χ0v) is 9.57. The molecule has 0 spiro atoms. The third kappa shape index (κ3) is 2.73. The van der Waals surface area contributed by atoms with Crippen molar-refractivity contribution in [2.75, 3.05) is 13.6 Å². The lowest BCUT2D eigenvalue weighted by Gasteiger charge is -2.23. The first-order valence-corrected chi connectivity index (χ1v) is 5.44. The second kappa shape index (κ2) is 4.46. The van der Waals surface area contributed by atoms with Gasteiger partial charge in [0.1, 0.15) is 0 Å². The number of carbonyl (C=O) groups is 1. The quantitative estimate of drug-likeness (QED) is 0.790. The van der Waals surface area contributed by atoms with E-state index in [0.29, 0.717) is 6.54 Å².